The Balaban J connectivity index is 1.77. The first-order valence-corrected chi connectivity index (χ1v) is 11.8. The minimum atomic E-state index is -0.406. The summed E-state index contributed by atoms with van der Waals surface area (Å²) in [5.41, 5.74) is 1.50. The molecule has 0 aromatic rings. The van der Waals surface area contributed by atoms with Crippen LogP contribution >= 0.6 is 0 Å². The quantitative estimate of drug-likeness (QED) is 0.365. The molecule has 2 aliphatic carbocycles. The SMILES string of the molecule is CCCC[C@@H](C)C[C@H](O)/C=C/[C@@H]1[C@H]2CC(CCCCC(=O)N(C)C)=C[C@H]2C[C@H]1O. The van der Waals surface area contributed by atoms with E-state index in [0.717, 1.165) is 38.5 Å². The molecule has 0 aromatic carbocycles. The molecule has 1 saturated carbocycles. The molecule has 0 heterocycles. The first-order chi connectivity index (χ1) is 13.8. The molecule has 166 valence electrons. The summed E-state index contributed by atoms with van der Waals surface area (Å²) in [6.07, 6.45) is 15.7. The van der Waals surface area contributed by atoms with E-state index in [9.17, 15) is 15.0 Å². The Morgan fingerprint density at radius 3 is 2.76 bits per heavy atom. The van der Waals surface area contributed by atoms with Crippen molar-refractivity contribution in [1.82, 2.24) is 4.90 Å². The van der Waals surface area contributed by atoms with Crippen LogP contribution in [-0.2, 0) is 4.79 Å². The summed E-state index contributed by atoms with van der Waals surface area (Å²) in [4.78, 5) is 13.3. The van der Waals surface area contributed by atoms with Crippen LogP contribution in [-0.4, -0.2) is 47.3 Å². The average molecular weight is 406 g/mol. The van der Waals surface area contributed by atoms with Crippen molar-refractivity contribution in [2.75, 3.05) is 14.1 Å². The maximum atomic E-state index is 11.7. The molecule has 2 rings (SSSR count). The van der Waals surface area contributed by atoms with E-state index in [1.165, 1.54) is 24.8 Å². The summed E-state index contributed by atoms with van der Waals surface area (Å²) >= 11 is 0. The van der Waals surface area contributed by atoms with Gasteiger partial charge in [0.15, 0.2) is 0 Å². The van der Waals surface area contributed by atoms with E-state index < -0.39 is 6.10 Å². The zero-order chi connectivity index (χ0) is 21.4. The van der Waals surface area contributed by atoms with E-state index in [4.69, 9.17) is 0 Å². The van der Waals surface area contributed by atoms with Gasteiger partial charge in [-0.1, -0.05) is 56.9 Å². The standard InChI is InChI=1S/C25H43NO3/c1-5-6-9-18(2)14-21(27)12-13-22-23-16-19(15-20(23)17-24(22)28)10-7-8-11-25(29)26(3)4/h12-13,15,18,20-24,27-28H,5-11,14,16-17H2,1-4H3/b13-12+/t18-,20+,21-,22-,23+,24-/m1/s1. The van der Waals surface area contributed by atoms with Crippen LogP contribution in [0.3, 0.4) is 0 Å². The maximum Gasteiger partial charge on any atom is 0.222 e. The average Bonchev–Trinajstić information content (AvgIpc) is 3.17. The monoisotopic (exact) mass is 405 g/mol. The summed E-state index contributed by atoms with van der Waals surface area (Å²) in [6.45, 7) is 4.42. The number of fused-ring (bicyclic) bond motifs is 1. The van der Waals surface area contributed by atoms with E-state index in [1.54, 1.807) is 4.90 Å². The first-order valence-electron chi connectivity index (χ1n) is 11.8. The third-order valence-corrected chi connectivity index (χ3v) is 6.84. The Bertz CT molecular complexity index is 568. The zero-order valence-corrected chi connectivity index (χ0v) is 19.0. The number of carbonyl (C=O) groups is 1. The van der Waals surface area contributed by atoms with Gasteiger partial charge in [0, 0.05) is 26.4 Å². The highest BCUT2D eigenvalue weighted by atomic mass is 16.3. The number of hydrogen-bond donors (Lipinski definition) is 2. The van der Waals surface area contributed by atoms with E-state index >= 15 is 0 Å². The fourth-order valence-corrected chi connectivity index (χ4v) is 5.06. The smallest absolute Gasteiger partial charge is 0.222 e. The molecule has 6 atom stereocenters. The van der Waals surface area contributed by atoms with Crippen LogP contribution in [0.1, 0.15) is 78.1 Å². The van der Waals surface area contributed by atoms with E-state index in [0.29, 0.717) is 24.2 Å². The summed E-state index contributed by atoms with van der Waals surface area (Å²) in [5.74, 6) is 1.85. The minimum Gasteiger partial charge on any atom is -0.392 e. The molecule has 2 aliphatic rings. The highest BCUT2D eigenvalue weighted by Crippen LogP contribution is 2.48. The number of unbranched alkanes of at least 4 members (excludes halogenated alkanes) is 2. The van der Waals surface area contributed by atoms with Crippen molar-refractivity contribution in [1.29, 1.82) is 0 Å². The van der Waals surface area contributed by atoms with Crippen molar-refractivity contribution < 1.29 is 15.0 Å². The van der Waals surface area contributed by atoms with Crippen LogP contribution < -0.4 is 0 Å². The molecule has 4 nitrogen and oxygen atoms in total. The molecule has 0 aliphatic heterocycles. The molecule has 4 heteroatoms. The number of aliphatic hydroxyl groups excluding tert-OH is 2. The Kier molecular flexibility index (Phi) is 9.91. The number of amides is 1. The topological polar surface area (TPSA) is 60.8 Å². The lowest BCUT2D eigenvalue weighted by atomic mass is 9.88. The Morgan fingerprint density at radius 1 is 1.31 bits per heavy atom. The van der Waals surface area contributed by atoms with Crippen molar-refractivity contribution in [3.8, 4) is 0 Å². The van der Waals surface area contributed by atoms with Gasteiger partial charge in [0.2, 0.25) is 5.91 Å². The minimum absolute atomic E-state index is 0.157. The Hall–Kier alpha value is -1.13. The first kappa shape index (κ1) is 24.1. The van der Waals surface area contributed by atoms with Gasteiger partial charge >= 0.3 is 0 Å². The number of carbonyl (C=O) groups excluding carboxylic acids is 1. The molecule has 0 bridgehead atoms. The Morgan fingerprint density at radius 2 is 2.07 bits per heavy atom. The molecule has 0 aromatic heterocycles. The lowest BCUT2D eigenvalue weighted by Crippen LogP contribution is -2.21. The lowest BCUT2D eigenvalue weighted by Gasteiger charge is -2.19. The normalized spacial score (nSPS) is 28.4. The van der Waals surface area contributed by atoms with Crippen molar-refractivity contribution in [3.05, 3.63) is 23.8 Å². The Labute approximate surface area is 178 Å². The second-order valence-corrected chi connectivity index (χ2v) is 9.67. The highest BCUT2D eigenvalue weighted by molar-refractivity contribution is 5.75. The van der Waals surface area contributed by atoms with Crippen LogP contribution in [0.4, 0.5) is 0 Å². The third kappa shape index (κ3) is 7.57. The van der Waals surface area contributed by atoms with Crippen LogP contribution in [0.25, 0.3) is 0 Å². The lowest BCUT2D eigenvalue weighted by molar-refractivity contribution is -0.128. The van der Waals surface area contributed by atoms with Gasteiger partial charge < -0.3 is 15.1 Å². The van der Waals surface area contributed by atoms with Gasteiger partial charge in [0.05, 0.1) is 12.2 Å². The number of aliphatic hydroxyl groups is 2. The van der Waals surface area contributed by atoms with Crippen LogP contribution in [0.15, 0.2) is 23.8 Å². The molecule has 1 amide bonds. The van der Waals surface area contributed by atoms with E-state index in [2.05, 4.69) is 26.0 Å². The van der Waals surface area contributed by atoms with Gasteiger partial charge in [0.1, 0.15) is 0 Å². The van der Waals surface area contributed by atoms with Gasteiger partial charge in [-0.2, -0.15) is 0 Å². The molecule has 29 heavy (non-hydrogen) atoms. The zero-order valence-electron chi connectivity index (χ0n) is 19.0. The van der Waals surface area contributed by atoms with Crippen molar-refractivity contribution >= 4 is 5.91 Å². The van der Waals surface area contributed by atoms with Gasteiger partial charge in [-0.05, 0) is 56.3 Å². The molecule has 0 radical (unpaired) electrons. The van der Waals surface area contributed by atoms with Gasteiger partial charge in [0.25, 0.3) is 0 Å². The second kappa shape index (κ2) is 11.9. The van der Waals surface area contributed by atoms with Crippen molar-refractivity contribution in [2.45, 2.75) is 90.3 Å². The molecule has 0 unspecified atom stereocenters. The predicted molar refractivity (Wildman–Crippen MR) is 119 cm³/mol. The molecule has 2 N–H and O–H groups in total. The van der Waals surface area contributed by atoms with Gasteiger partial charge in [-0.15, -0.1) is 0 Å². The van der Waals surface area contributed by atoms with Crippen molar-refractivity contribution in [2.24, 2.45) is 23.7 Å². The highest BCUT2D eigenvalue weighted by Gasteiger charge is 2.43. The summed E-state index contributed by atoms with van der Waals surface area (Å²) in [6, 6.07) is 0. The largest absolute Gasteiger partial charge is 0.392 e. The predicted octanol–water partition coefficient (Wildman–Crippen LogP) is 4.71. The summed E-state index contributed by atoms with van der Waals surface area (Å²) in [5, 5.41) is 20.9. The van der Waals surface area contributed by atoms with E-state index in [-0.39, 0.29) is 17.9 Å². The molecule has 1 fully saturated rings. The van der Waals surface area contributed by atoms with Crippen LogP contribution in [0.2, 0.25) is 0 Å². The second-order valence-electron chi connectivity index (χ2n) is 9.67. The van der Waals surface area contributed by atoms with Gasteiger partial charge in [-0.3, -0.25) is 4.79 Å². The van der Waals surface area contributed by atoms with Crippen LogP contribution in [0, 0.1) is 23.7 Å². The molecule has 0 spiro atoms. The molecular weight excluding hydrogens is 362 g/mol. The van der Waals surface area contributed by atoms with E-state index in [1.807, 2.05) is 20.2 Å². The summed E-state index contributed by atoms with van der Waals surface area (Å²) < 4.78 is 0. The number of rotatable bonds is 12. The van der Waals surface area contributed by atoms with Crippen LogP contribution in [0.5, 0.6) is 0 Å². The van der Waals surface area contributed by atoms with Gasteiger partial charge in [-0.25, -0.2) is 0 Å². The number of allylic oxidation sites excluding steroid dienone is 2. The number of nitrogens with zero attached hydrogens (tertiary/aromatic N) is 1. The number of hydrogen-bond acceptors (Lipinski definition) is 3. The van der Waals surface area contributed by atoms with Crippen molar-refractivity contribution in [3.63, 3.8) is 0 Å². The fourth-order valence-electron chi connectivity index (χ4n) is 5.06. The summed E-state index contributed by atoms with van der Waals surface area (Å²) in [7, 11) is 3.62. The molecule has 0 saturated heterocycles. The fraction of sp³-hybridized carbons (Fsp3) is 0.800. The molecular formula is C25H43NO3. The maximum absolute atomic E-state index is 11.7. The third-order valence-electron chi connectivity index (χ3n) is 6.84.